The molecule has 0 heterocycles. The molecule has 2 aliphatic rings. The van der Waals surface area contributed by atoms with Crippen LogP contribution < -0.4 is 11.1 Å². The Morgan fingerprint density at radius 3 is 2.40 bits per heavy atom. The van der Waals surface area contributed by atoms with Gasteiger partial charge < -0.3 is 11.1 Å². The van der Waals surface area contributed by atoms with Crippen LogP contribution in [-0.4, -0.2) is 11.2 Å². The topological polar surface area (TPSA) is 38.0 Å². The normalized spacial score (nSPS) is 42.6. The van der Waals surface area contributed by atoms with Gasteiger partial charge in [-0.15, -0.1) is 0 Å². The average Bonchev–Trinajstić information content (AvgIpc) is 2.39. The minimum absolute atomic E-state index is 0.464. The van der Waals surface area contributed by atoms with E-state index in [0.29, 0.717) is 11.2 Å². The number of hydrogen-bond donors (Lipinski definition) is 2. The molecule has 10 heavy (non-hydrogen) atoms. The molecule has 2 aliphatic carbocycles. The van der Waals surface area contributed by atoms with Gasteiger partial charge in [0.1, 0.15) is 0 Å². The van der Waals surface area contributed by atoms with Gasteiger partial charge in [0.15, 0.2) is 5.11 Å². The Labute approximate surface area is 66.2 Å². The fourth-order valence-corrected chi connectivity index (χ4v) is 2.20. The van der Waals surface area contributed by atoms with Crippen molar-refractivity contribution >= 4 is 17.3 Å². The lowest BCUT2D eigenvalue weighted by atomic mass is 10.2. The van der Waals surface area contributed by atoms with Gasteiger partial charge in [0, 0.05) is 6.04 Å². The molecule has 2 rings (SSSR count). The van der Waals surface area contributed by atoms with Gasteiger partial charge >= 0.3 is 0 Å². The Morgan fingerprint density at radius 1 is 1.30 bits per heavy atom. The minimum atomic E-state index is 0.464. The molecule has 0 aromatic rings. The van der Waals surface area contributed by atoms with Crippen LogP contribution in [0.5, 0.6) is 0 Å². The highest BCUT2D eigenvalue weighted by Crippen LogP contribution is 2.51. The molecule has 3 heteroatoms. The second-order valence-corrected chi connectivity index (χ2v) is 3.87. The van der Waals surface area contributed by atoms with E-state index in [0.717, 1.165) is 11.8 Å². The number of hydrogen-bond acceptors (Lipinski definition) is 1. The summed E-state index contributed by atoms with van der Waals surface area (Å²) in [6, 6.07) is 0.598. The zero-order valence-electron chi connectivity index (χ0n) is 5.84. The van der Waals surface area contributed by atoms with E-state index in [-0.39, 0.29) is 0 Å². The number of fused-ring (bicyclic) bond motifs is 1. The van der Waals surface area contributed by atoms with Crippen molar-refractivity contribution < 1.29 is 0 Å². The molecule has 0 bridgehead atoms. The van der Waals surface area contributed by atoms with Crippen molar-refractivity contribution in [2.24, 2.45) is 17.6 Å². The lowest BCUT2D eigenvalue weighted by molar-refractivity contribution is 0.562. The van der Waals surface area contributed by atoms with Crippen molar-refractivity contribution in [1.29, 1.82) is 0 Å². The molecule has 2 unspecified atom stereocenters. The highest BCUT2D eigenvalue weighted by molar-refractivity contribution is 7.80. The van der Waals surface area contributed by atoms with Crippen LogP contribution in [0, 0.1) is 11.8 Å². The first-order valence-electron chi connectivity index (χ1n) is 3.81. The number of rotatable bonds is 1. The molecule has 0 radical (unpaired) electrons. The van der Waals surface area contributed by atoms with Gasteiger partial charge in [-0.2, -0.15) is 0 Å². The average molecular weight is 156 g/mol. The molecular formula is C7H12N2S. The summed E-state index contributed by atoms with van der Waals surface area (Å²) in [4.78, 5) is 0. The third-order valence-corrected chi connectivity index (χ3v) is 2.71. The monoisotopic (exact) mass is 156 g/mol. The Balaban J connectivity index is 1.80. The van der Waals surface area contributed by atoms with Crippen LogP contribution in [0.3, 0.4) is 0 Å². The van der Waals surface area contributed by atoms with E-state index in [1.165, 1.54) is 19.3 Å². The smallest absolute Gasteiger partial charge is 0.163 e. The van der Waals surface area contributed by atoms with Crippen LogP contribution in [-0.2, 0) is 0 Å². The highest BCUT2D eigenvalue weighted by Gasteiger charge is 2.45. The third kappa shape index (κ3) is 1.10. The van der Waals surface area contributed by atoms with Crippen LogP contribution in [0.25, 0.3) is 0 Å². The number of nitrogens with one attached hydrogen (secondary N) is 1. The maximum atomic E-state index is 5.35. The molecule has 2 atom stereocenters. The summed E-state index contributed by atoms with van der Waals surface area (Å²) >= 11 is 4.75. The molecular weight excluding hydrogens is 144 g/mol. The third-order valence-electron chi connectivity index (χ3n) is 2.59. The molecule has 0 spiro atoms. The van der Waals surface area contributed by atoms with E-state index in [2.05, 4.69) is 5.32 Å². The number of thiocarbonyl (C=S) groups is 1. The van der Waals surface area contributed by atoms with Gasteiger partial charge in [-0.25, -0.2) is 0 Å². The van der Waals surface area contributed by atoms with Gasteiger partial charge in [-0.1, -0.05) is 0 Å². The first-order chi connectivity index (χ1) is 4.75. The molecule has 2 saturated carbocycles. The van der Waals surface area contributed by atoms with Crippen molar-refractivity contribution in [3.05, 3.63) is 0 Å². The summed E-state index contributed by atoms with van der Waals surface area (Å²) in [6.45, 7) is 0. The predicted molar refractivity (Wildman–Crippen MR) is 44.5 cm³/mol. The zero-order valence-corrected chi connectivity index (χ0v) is 6.66. The van der Waals surface area contributed by atoms with E-state index in [4.69, 9.17) is 18.0 Å². The van der Waals surface area contributed by atoms with Gasteiger partial charge in [0.2, 0.25) is 0 Å². The Bertz CT molecular complexity index is 159. The quantitative estimate of drug-likeness (QED) is 0.546. The lowest BCUT2D eigenvalue weighted by Gasteiger charge is -2.12. The first-order valence-corrected chi connectivity index (χ1v) is 4.22. The van der Waals surface area contributed by atoms with E-state index >= 15 is 0 Å². The second-order valence-electron chi connectivity index (χ2n) is 3.43. The van der Waals surface area contributed by atoms with Crippen LogP contribution >= 0.6 is 12.2 Å². The fourth-order valence-electron chi connectivity index (χ4n) is 2.03. The molecule has 0 amide bonds. The molecule has 0 aromatic heterocycles. The first kappa shape index (κ1) is 6.40. The Morgan fingerprint density at radius 2 is 1.90 bits per heavy atom. The van der Waals surface area contributed by atoms with Gasteiger partial charge in [0.05, 0.1) is 0 Å². The van der Waals surface area contributed by atoms with E-state index in [1.54, 1.807) is 0 Å². The largest absolute Gasteiger partial charge is 0.376 e. The minimum Gasteiger partial charge on any atom is -0.376 e. The van der Waals surface area contributed by atoms with Crippen molar-refractivity contribution in [2.45, 2.75) is 25.3 Å². The summed E-state index contributed by atoms with van der Waals surface area (Å²) in [5.74, 6) is 2.01. The summed E-state index contributed by atoms with van der Waals surface area (Å²) in [6.07, 6.45) is 4.04. The fraction of sp³-hybridized carbons (Fsp3) is 0.857. The molecule has 2 nitrogen and oxygen atoms in total. The molecule has 0 aliphatic heterocycles. The van der Waals surface area contributed by atoms with Crippen molar-refractivity contribution in [3.8, 4) is 0 Å². The van der Waals surface area contributed by atoms with E-state index < -0.39 is 0 Å². The van der Waals surface area contributed by atoms with Gasteiger partial charge in [-0.05, 0) is 43.3 Å². The van der Waals surface area contributed by atoms with Crippen molar-refractivity contribution in [3.63, 3.8) is 0 Å². The molecule has 56 valence electrons. The summed E-state index contributed by atoms with van der Waals surface area (Å²) < 4.78 is 0. The van der Waals surface area contributed by atoms with Gasteiger partial charge in [-0.3, -0.25) is 0 Å². The Hall–Kier alpha value is -0.310. The van der Waals surface area contributed by atoms with Crippen LogP contribution in [0.2, 0.25) is 0 Å². The standard InChI is InChI=1S/C7H12N2S/c8-7(10)9-6-2-4-1-5(4)3-6/h4-6H,1-3H2,(H3,8,9,10). The maximum Gasteiger partial charge on any atom is 0.163 e. The van der Waals surface area contributed by atoms with Crippen molar-refractivity contribution in [1.82, 2.24) is 5.32 Å². The lowest BCUT2D eigenvalue weighted by Crippen LogP contribution is -2.37. The summed E-state index contributed by atoms with van der Waals surface area (Å²) in [5, 5.41) is 3.58. The number of nitrogens with two attached hydrogens (primary N) is 1. The predicted octanol–water partition coefficient (Wildman–Crippen LogP) is 0.618. The molecule has 2 fully saturated rings. The SMILES string of the molecule is NC(=S)NC1CC2CC2C1. The van der Waals surface area contributed by atoms with Crippen LogP contribution in [0.1, 0.15) is 19.3 Å². The Kier molecular flexibility index (Phi) is 1.34. The molecule has 0 saturated heterocycles. The summed E-state index contributed by atoms with van der Waals surface area (Å²) in [5.41, 5.74) is 5.35. The zero-order chi connectivity index (χ0) is 7.14. The van der Waals surface area contributed by atoms with Crippen LogP contribution in [0.15, 0.2) is 0 Å². The van der Waals surface area contributed by atoms with E-state index in [9.17, 15) is 0 Å². The molecule has 0 aromatic carbocycles. The van der Waals surface area contributed by atoms with Gasteiger partial charge in [0.25, 0.3) is 0 Å². The second kappa shape index (κ2) is 2.09. The summed E-state index contributed by atoms with van der Waals surface area (Å²) in [7, 11) is 0. The van der Waals surface area contributed by atoms with E-state index in [1.807, 2.05) is 0 Å². The van der Waals surface area contributed by atoms with Crippen molar-refractivity contribution in [2.75, 3.05) is 0 Å². The highest BCUT2D eigenvalue weighted by atomic mass is 32.1. The molecule has 3 N–H and O–H groups in total. The maximum absolute atomic E-state index is 5.35. The van der Waals surface area contributed by atoms with Crippen LogP contribution in [0.4, 0.5) is 0 Å².